The van der Waals surface area contributed by atoms with E-state index in [4.69, 9.17) is 4.63 Å². The summed E-state index contributed by atoms with van der Waals surface area (Å²) in [6.07, 6.45) is 0. The van der Waals surface area contributed by atoms with Gasteiger partial charge in [-0.3, -0.25) is 19.7 Å². The summed E-state index contributed by atoms with van der Waals surface area (Å²) >= 11 is 0. The van der Waals surface area contributed by atoms with Gasteiger partial charge in [-0.05, 0) is 44.9 Å². The average molecular weight is 665 g/mol. The maximum Gasteiger partial charge on any atom is 0.300 e. The number of amides is 1. The predicted octanol–water partition coefficient (Wildman–Crippen LogP) is 6.98. The number of ketones is 1. The van der Waals surface area contributed by atoms with Crippen LogP contribution in [0.4, 0.5) is 11.4 Å². The maximum absolute atomic E-state index is 12.4. The molecule has 11 nitrogen and oxygen atoms in total. The van der Waals surface area contributed by atoms with Gasteiger partial charge in [-0.15, -0.1) is 0 Å². The highest BCUT2D eigenvalue weighted by Crippen LogP contribution is 2.30. The zero-order valence-corrected chi connectivity index (χ0v) is 28.9. The largest absolute Gasteiger partial charge is 0.371 e. The number of carbonyl (C=O) groups is 2. The fourth-order valence-corrected chi connectivity index (χ4v) is 5.09. The van der Waals surface area contributed by atoms with Crippen molar-refractivity contribution < 1.29 is 19.1 Å². The quantitative estimate of drug-likeness (QED) is 0.0804. The molecule has 5 rings (SSSR count). The molecule has 0 bridgehead atoms. The number of non-ortho nitro benzene ring substituents is 1. The van der Waals surface area contributed by atoms with Crippen LogP contribution in [-0.2, 0) is 11.3 Å². The van der Waals surface area contributed by atoms with Gasteiger partial charge in [0.25, 0.3) is 0 Å². The van der Waals surface area contributed by atoms with Gasteiger partial charge in [-0.2, -0.15) is 0 Å². The Morgan fingerprint density at radius 3 is 1.94 bits per heavy atom. The van der Waals surface area contributed by atoms with Crippen molar-refractivity contribution in [3.63, 3.8) is 0 Å². The van der Waals surface area contributed by atoms with Crippen LogP contribution in [0.5, 0.6) is 0 Å². The maximum atomic E-state index is 12.4. The number of nitrogens with zero attached hydrogens (tertiary/aromatic N) is 5. The minimum absolute atomic E-state index is 0.0193. The first-order valence-electron chi connectivity index (χ1n) is 16.3. The molecule has 1 aromatic heterocycles. The Morgan fingerprint density at radius 2 is 1.35 bits per heavy atom. The second-order valence-corrected chi connectivity index (χ2v) is 12.5. The average Bonchev–Trinajstić information content (AvgIpc) is 3.60. The van der Waals surface area contributed by atoms with E-state index < -0.39 is 4.92 Å². The fourth-order valence-electron chi connectivity index (χ4n) is 5.09. The summed E-state index contributed by atoms with van der Waals surface area (Å²) in [6.45, 7) is 10.5. The number of nitrogens with one attached hydrogen (secondary N) is 1. The van der Waals surface area contributed by atoms with Crippen LogP contribution in [0.2, 0.25) is 0 Å². The van der Waals surface area contributed by atoms with E-state index in [9.17, 15) is 19.7 Å². The molecule has 5 aromatic rings. The molecule has 49 heavy (non-hydrogen) atoms. The molecule has 0 aliphatic carbocycles. The molecule has 0 saturated heterocycles. The highest BCUT2D eigenvalue weighted by Gasteiger charge is 2.21. The number of benzene rings is 4. The third-order valence-corrected chi connectivity index (χ3v) is 8.30. The summed E-state index contributed by atoms with van der Waals surface area (Å²) in [7, 11) is 3.57. The summed E-state index contributed by atoms with van der Waals surface area (Å²) in [6, 6.07) is 28.6. The monoisotopic (exact) mass is 664 g/mol. The lowest BCUT2D eigenvalue weighted by atomic mass is 9.98. The molecule has 0 radical (unpaired) electrons. The number of hydrogen-bond donors (Lipinski definition) is 1. The van der Waals surface area contributed by atoms with E-state index in [-0.39, 0.29) is 29.4 Å². The molecule has 1 amide bonds. The number of likely N-dealkylation sites (N-methyl/N-ethyl adjacent to an activating group) is 2. The molecule has 0 atom stereocenters. The number of rotatable bonds is 13. The Kier molecular flexibility index (Phi) is 12.7. The summed E-state index contributed by atoms with van der Waals surface area (Å²) in [5, 5.41) is 21.8. The predicted molar refractivity (Wildman–Crippen MR) is 192 cm³/mol. The standard InChI is InChI=1S/C22H28N6O4.C16H16O/c1-15(2)17-7-5-16(6-8-17)13-23-14-20(29)27(4)12-11-26(3)18-9-10-19(28(30)31)22-21(18)24-32-25-22;1-12(2)13-8-10-15(11-9-13)16(17)14-6-4-3-5-7-14/h5-10,15,23H,11-14H2,1-4H3;3-12H,1-2H3. The van der Waals surface area contributed by atoms with Crippen molar-refractivity contribution in [1.82, 2.24) is 20.5 Å². The van der Waals surface area contributed by atoms with Crippen LogP contribution in [0.3, 0.4) is 0 Å². The third-order valence-electron chi connectivity index (χ3n) is 8.30. The SMILES string of the molecule is CC(C)c1ccc(C(=O)c2ccccc2)cc1.CC(C)c1ccc(CNCC(=O)N(C)CCN(C)c2ccc([N+](=O)[O-])c3nonc23)cc1. The summed E-state index contributed by atoms with van der Waals surface area (Å²) in [4.78, 5) is 38.7. The first-order valence-corrected chi connectivity index (χ1v) is 16.3. The molecular formula is C38H44N6O5. The second-order valence-electron chi connectivity index (χ2n) is 12.5. The van der Waals surface area contributed by atoms with Gasteiger partial charge in [0.05, 0.1) is 17.2 Å². The van der Waals surface area contributed by atoms with E-state index in [1.54, 1.807) is 18.0 Å². The lowest BCUT2D eigenvalue weighted by Crippen LogP contribution is -2.39. The molecule has 11 heteroatoms. The van der Waals surface area contributed by atoms with Crippen molar-refractivity contribution in [2.45, 2.75) is 46.1 Å². The van der Waals surface area contributed by atoms with E-state index in [1.165, 1.54) is 17.2 Å². The number of nitro groups is 1. The normalized spacial score (nSPS) is 10.9. The number of fused-ring (bicyclic) bond motifs is 1. The lowest BCUT2D eigenvalue weighted by Gasteiger charge is -2.24. The van der Waals surface area contributed by atoms with Gasteiger partial charge in [0.15, 0.2) is 11.3 Å². The van der Waals surface area contributed by atoms with Gasteiger partial charge in [0, 0.05) is 50.9 Å². The Morgan fingerprint density at radius 1 is 0.776 bits per heavy atom. The van der Waals surface area contributed by atoms with E-state index in [2.05, 4.69) is 67.6 Å². The highest BCUT2D eigenvalue weighted by atomic mass is 16.6. The molecule has 1 N–H and O–H groups in total. The molecule has 0 aliphatic heterocycles. The zero-order chi connectivity index (χ0) is 35.5. The van der Waals surface area contributed by atoms with Crippen molar-refractivity contribution in [3.8, 4) is 0 Å². The molecule has 0 fully saturated rings. The van der Waals surface area contributed by atoms with Crippen LogP contribution >= 0.6 is 0 Å². The first kappa shape index (κ1) is 36.4. The Bertz CT molecular complexity index is 1840. The van der Waals surface area contributed by atoms with Gasteiger partial charge in [0.1, 0.15) is 0 Å². The van der Waals surface area contributed by atoms with Gasteiger partial charge in [-0.1, -0.05) is 107 Å². The van der Waals surface area contributed by atoms with Crippen LogP contribution in [0.25, 0.3) is 11.0 Å². The number of anilines is 1. The van der Waals surface area contributed by atoms with Crippen LogP contribution in [0, 0.1) is 10.1 Å². The Balaban J connectivity index is 0.000000266. The first-order chi connectivity index (χ1) is 23.5. The lowest BCUT2D eigenvalue weighted by molar-refractivity contribution is -0.383. The van der Waals surface area contributed by atoms with Crippen LogP contribution in [0.15, 0.2) is 95.6 Å². The summed E-state index contributed by atoms with van der Waals surface area (Å²) in [5.74, 6) is 1.05. The Hall–Kier alpha value is -5.42. The molecule has 256 valence electrons. The van der Waals surface area contributed by atoms with E-state index >= 15 is 0 Å². The van der Waals surface area contributed by atoms with Crippen molar-refractivity contribution in [2.75, 3.05) is 38.6 Å². The number of nitro benzene ring substituents is 1. The molecule has 0 spiro atoms. The van der Waals surface area contributed by atoms with Crippen molar-refractivity contribution in [2.24, 2.45) is 0 Å². The van der Waals surface area contributed by atoms with Crippen molar-refractivity contribution in [1.29, 1.82) is 0 Å². The topological polar surface area (TPSA) is 135 Å². The fraction of sp³-hybridized carbons (Fsp3) is 0.316. The highest BCUT2D eigenvalue weighted by molar-refractivity contribution is 6.08. The van der Waals surface area contributed by atoms with Crippen molar-refractivity contribution in [3.05, 3.63) is 129 Å². The molecule has 1 heterocycles. The van der Waals surface area contributed by atoms with E-state index in [0.717, 1.165) is 16.7 Å². The third kappa shape index (κ3) is 9.80. The minimum Gasteiger partial charge on any atom is -0.371 e. The van der Waals surface area contributed by atoms with Gasteiger partial charge in [-0.25, -0.2) is 4.63 Å². The molecule has 0 saturated carbocycles. The smallest absolute Gasteiger partial charge is 0.300 e. The van der Waals surface area contributed by atoms with Crippen LogP contribution in [0.1, 0.15) is 72.1 Å². The summed E-state index contributed by atoms with van der Waals surface area (Å²) < 4.78 is 4.71. The molecular weight excluding hydrogens is 620 g/mol. The zero-order valence-electron chi connectivity index (χ0n) is 28.9. The minimum atomic E-state index is -0.519. The van der Waals surface area contributed by atoms with Gasteiger partial charge >= 0.3 is 5.69 Å². The van der Waals surface area contributed by atoms with Gasteiger partial charge < -0.3 is 15.1 Å². The number of aromatic nitrogens is 2. The second kappa shape index (κ2) is 17.1. The van der Waals surface area contributed by atoms with Crippen molar-refractivity contribution >= 4 is 34.1 Å². The van der Waals surface area contributed by atoms with E-state index in [0.29, 0.717) is 42.7 Å². The summed E-state index contributed by atoms with van der Waals surface area (Å²) in [5.41, 5.74) is 6.09. The molecule has 0 unspecified atom stereocenters. The van der Waals surface area contributed by atoms with Crippen LogP contribution < -0.4 is 10.2 Å². The van der Waals surface area contributed by atoms with Gasteiger partial charge in [0.2, 0.25) is 11.4 Å². The Labute approximate surface area is 287 Å². The number of carbonyl (C=O) groups excluding carboxylic acids is 2. The molecule has 4 aromatic carbocycles. The van der Waals surface area contributed by atoms with Crippen LogP contribution in [-0.4, -0.2) is 65.6 Å². The van der Waals surface area contributed by atoms with E-state index in [1.807, 2.05) is 66.5 Å². The molecule has 0 aliphatic rings. The number of hydrogen-bond acceptors (Lipinski definition) is 9.